The van der Waals surface area contributed by atoms with Crippen molar-refractivity contribution in [2.75, 3.05) is 31.1 Å². The van der Waals surface area contributed by atoms with Crippen molar-refractivity contribution in [3.05, 3.63) is 6.33 Å². The van der Waals surface area contributed by atoms with Gasteiger partial charge in [-0.3, -0.25) is 4.90 Å². The second-order valence-corrected chi connectivity index (χ2v) is 5.82. The largest absolute Gasteiger partial charge is 0.392 e. The van der Waals surface area contributed by atoms with Gasteiger partial charge in [0.25, 0.3) is 0 Å². The molecule has 17 heavy (non-hydrogen) atoms. The highest BCUT2D eigenvalue weighted by Gasteiger charge is 2.32. The maximum atomic E-state index is 5.79. The third-order valence-corrected chi connectivity index (χ3v) is 4.52. The Kier molecular flexibility index (Phi) is 3.60. The van der Waals surface area contributed by atoms with Crippen molar-refractivity contribution in [2.24, 2.45) is 5.73 Å². The molecule has 5 nitrogen and oxygen atoms in total. The zero-order chi connectivity index (χ0) is 12.5. The Morgan fingerprint density at radius 3 is 2.53 bits per heavy atom. The number of anilines is 1. The van der Waals surface area contributed by atoms with Crippen LogP contribution >= 0.6 is 23.8 Å². The fourth-order valence-corrected chi connectivity index (χ4v) is 2.63. The standard InChI is InChI=1S/C10H17N5S2/c1-10(2,8(11)16)15-5-3-14(4-6-15)9-12-7-13-17-9/h7H,3-6H2,1-2H3,(H2,11,16). The molecule has 1 saturated heterocycles. The summed E-state index contributed by atoms with van der Waals surface area (Å²) < 4.78 is 4.03. The molecule has 1 aromatic rings. The first kappa shape index (κ1) is 12.7. The van der Waals surface area contributed by atoms with Crippen LogP contribution in [0.2, 0.25) is 0 Å². The molecule has 0 aromatic carbocycles. The third-order valence-electron chi connectivity index (χ3n) is 3.29. The summed E-state index contributed by atoms with van der Waals surface area (Å²) in [7, 11) is 0. The monoisotopic (exact) mass is 271 g/mol. The van der Waals surface area contributed by atoms with Crippen molar-refractivity contribution in [2.45, 2.75) is 19.4 Å². The predicted molar refractivity (Wildman–Crippen MR) is 74.6 cm³/mol. The average Bonchev–Trinajstić information content (AvgIpc) is 2.82. The number of rotatable bonds is 3. The highest BCUT2D eigenvalue weighted by atomic mass is 32.1. The van der Waals surface area contributed by atoms with E-state index in [1.807, 2.05) is 0 Å². The SMILES string of the molecule is CC(C)(C(N)=S)N1CCN(c2ncns2)CC1. The molecule has 0 radical (unpaired) electrons. The van der Waals surface area contributed by atoms with E-state index in [0.29, 0.717) is 4.99 Å². The first-order valence-corrected chi connectivity index (χ1v) is 6.76. The highest BCUT2D eigenvalue weighted by molar-refractivity contribution is 7.80. The van der Waals surface area contributed by atoms with Crippen molar-refractivity contribution in [1.29, 1.82) is 0 Å². The van der Waals surface area contributed by atoms with E-state index in [0.717, 1.165) is 31.3 Å². The van der Waals surface area contributed by atoms with E-state index in [-0.39, 0.29) is 5.54 Å². The summed E-state index contributed by atoms with van der Waals surface area (Å²) in [5, 5.41) is 0.998. The third kappa shape index (κ3) is 2.56. The molecule has 0 atom stereocenters. The Bertz CT molecular complexity index is 381. The van der Waals surface area contributed by atoms with Crippen molar-refractivity contribution in [1.82, 2.24) is 14.3 Å². The molecule has 1 aliphatic heterocycles. The summed E-state index contributed by atoms with van der Waals surface area (Å²) >= 11 is 6.56. The van der Waals surface area contributed by atoms with Crippen LogP contribution in [0.25, 0.3) is 0 Å². The van der Waals surface area contributed by atoms with E-state index in [4.69, 9.17) is 18.0 Å². The van der Waals surface area contributed by atoms with Crippen LogP contribution < -0.4 is 10.6 Å². The summed E-state index contributed by atoms with van der Waals surface area (Å²) in [6, 6.07) is 0. The molecule has 2 rings (SSSR count). The fraction of sp³-hybridized carbons (Fsp3) is 0.700. The lowest BCUT2D eigenvalue weighted by Gasteiger charge is -2.43. The molecule has 0 bridgehead atoms. The van der Waals surface area contributed by atoms with Gasteiger partial charge in [0.1, 0.15) is 6.33 Å². The first-order chi connectivity index (χ1) is 8.01. The minimum absolute atomic E-state index is 0.206. The van der Waals surface area contributed by atoms with Crippen LogP contribution in [0.4, 0.5) is 5.13 Å². The van der Waals surface area contributed by atoms with Gasteiger partial charge < -0.3 is 10.6 Å². The molecule has 94 valence electrons. The molecule has 2 N–H and O–H groups in total. The fourth-order valence-electron chi connectivity index (χ4n) is 1.92. The summed E-state index contributed by atoms with van der Waals surface area (Å²) in [6.45, 7) is 7.95. The Hall–Kier alpha value is -0.790. The molecule has 0 unspecified atom stereocenters. The van der Waals surface area contributed by atoms with Crippen LogP contribution in [0.15, 0.2) is 6.33 Å². The van der Waals surface area contributed by atoms with E-state index in [9.17, 15) is 0 Å². The Balaban J connectivity index is 1.97. The first-order valence-electron chi connectivity index (χ1n) is 5.58. The van der Waals surface area contributed by atoms with Gasteiger partial charge in [-0.2, -0.15) is 4.37 Å². The van der Waals surface area contributed by atoms with E-state index in [1.165, 1.54) is 11.5 Å². The van der Waals surface area contributed by atoms with E-state index in [2.05, 4.69) is 33.0 Å². The van der Waals surface area contributed by atoms with Gasteiger partial charge in [-0.15, -0.1) is 0 Å². The molecule has 0 saturated carbocycles. The molecule has 0 amide bonds. The van der Waals surface area contributed by atoms with Crippen LogP contribution in [0.5, 0.6) is 0 Å². The predicted octanol–water partition coefficient (Wildman–Crippen LogP) is 0.725. The summed E-state index contributed by atoms with van der Waals surface area (Å²) in [5.74, 6) is 0. The van der Waals surface area contributed by atoms with E-state index >= 15 is 0 Å². The molecular weight excluding hydrogens is 254 g/mol. The molecule has 1 fully saturated rings. The Labute approximate surface area is 111 Å². The van der Waals surface area contributed by atoms with Crippen molar-refractivity contribution in [3.8, 4) is 0 Å². The lowest BCUT2D eigenvalue weighted by atomic mass is 10.0. The molecule has 1 aliphatic rings. The van der Waals surface area contributed by atoms with Crippen molar-refractivity contribution >= 4 is 33.9 Å². The maximum absolute atomic E-state index is 5.79. The summed E-state index contributed by atoms with van der Waals surface area (Å²) in [6.07, 6.45) is 1.60. The average molecular weight is 271 g/mol. The second kappa shape index (κ2) is 4.83. The maximum Gasteiger partial charge on any atom is 0.205 e. The lowest BCUT2D eigenvalue weighted by Crippen LogP contribution is -2.59. The Morgan fingerprint density at radius 1 is 1.41 bits per heavy atom. The smallest absolute Gasteiger partial charge is 0.205 e. The van der Waals surface area contributed by atoms with Gasteiger partial charge in [-0.05, 0) is 13.8 Å². The van der Waals surface area contributed by atoms with Crippen LogP contribution in [0.3, 0.4) is 0 Å². The van der Waals surface area contributed by atoms with Gasteiger partial charge >= 0.3 is 0 Å². The van der Waals surface area contributed by atoms with Gasteiger partial charge in [0.2, 0.25) is 5.13 Å². The summed E-state index contributed by atoms with van der Waals surface area (Å²) in [5.41, 5.74) is 5.58. The number of thiocarbonyl (C=S) groups is 1. The number of nitrogens with two attached hydrogens (primary N) is 1. The zero-order valence-electron chi connectivity index (χ0n) is 10.1. The molecule has 2 heterocycles. The van der Waals surface area contributed by atoms with Gasteiger partial charge in [-0.1, -0.05) is 12.2 Å². The van der Waals surface area contributed by atoms with Crippen LogP contribution in [0, 0.1) is 0 Å². The minimum atomic E-state index is -0.206. The topological polar surface area (TPSA) is 58.3 Å². The summed E-state index contributed by atoms with van der Waals surface area (Å²) in [4.78, 5) is 9.36. The van der Waals surface area contributed by atoms with Crippen LogP contribution in [-0.4, -0.2) is 51.0 Å². The van der Waals surface area contributed by atoms with Gasteiger partial charge in [0, 0.05) is 37.7 Å². The molecule has 0 spiro atoms. The number of piperazine rings is 1. The number of hydrogen-bond donors (Lipinski definition) is 1. The van der Waals surface area contributed by atoms with Gasteiger partial charge in [-0.25, -0.2) is 4.98 Å². The quantitative estimate of drug-likeness (QED) is 0.818. The second-order valence-electron chi connectivity index (χ2n) is 4.62. The van der Waals surface area contributed by atoms with E-state index in [1.54, 1.807) is 6.33 Å². The van der Waals surface area contributed by atoms with Gasteiger partial charge in [0.05, 0.1) is 10.5 Å². The number of nitrogens with zero attached hydrogens (tertiary/aromatic N) is 4. The molecular formula is C10H17N5S2. The Morgan fingerprint density at radius 2 is 2.06 bits per heavy atom. The number of aromatic nitrogens is 2. The number of hydrogen-bond acceptors (Lipinski definition) is 6. The molecule has 7 heteroatoms. The minimum Gasteiger partial charge on any atom is -0.392 e. The van der Waals surface area contributed by atoms with E-state index < -0.39 is 0 Å². The zero-order valence-corrected chi connectivity index (χ0v) is 11.7. The van der Waals surface area contributed by atoms with Gasteiger partial charge in [0.15, 0.2) is 0 Å². The molecule has 0 aliphatic carbocycles. The molecule has 1 aromatic heterocycles. The van der Waals surface area contributed by atoms with Crippen molar-refractivity contribution < 1.29 is 0 Å². The van der Waals surface area contributed by atoms with Crippen LogP contribution in [0.1, 0.15) is 13.8 Å². The lowest BCUT2D eigenvalue weighted by molar-refractivity contribution is 0.168. The van der Waals surface area contributed by atoms with Crippen LogP contribution in [-0.2, 0) is 0 Å². The normalized spacial score (nSPS) is 18.4. The highest BCUT2D eigenvalue weighted by Crippen LogP contribution is 2.21. The van der Waals surface area contributed by atoms with Crippen molar-refractivity contribution in [3.63, 3.8) is 0 Å².